The minimum Gasteiger partial charge on any atom is -0.346 e. The molecule has 0 aliphatic heterocycles. The minimum atomic E-state index is -0.240. The van der Waals surface area contributed by atoms with Crippen LogP contribution < -0.4 is 5.32 Å². The summed E-state index contributed by atoms with van der Waals surface area (Å²) in [6.07, 6.45) is 1.88. The van der Waals surface area contributed by atoms with Crippen molar-refractivity contribution in [3.63, 3.8) is 0 Å². The predicted octanol–water partition coefficient (Wildman–Crippen LogP) is 3.45. The first-order valence-corrected chi connectivity index (χ1v) is 6.60. The van der Waals surface area contributed by atoms with Crippen LogP contribution in [-0.2, 0) is 10.3 Å². The number of nitrogens with one attached hydrogen (secondary N) is 1. The summed E-state index contributed by atoms with van der Waals surface area (Å²) in [7, 11) is 0. The second-order valence-electron chi connectivity index (χ2n) is 3.89. The van der Waals surface area contributed by atoms with Gasteiger partial charge in [-0.2, -0.15) is 0 Å². The van der Waals surface area contributed by atoms with Gasteiger partial charge in [-0.25, -0.2) is 0 Å². The zero-order valence-electron chi connectivity index (χ0n) is 8.40. The molecule has 86 valence electrons. The second kappa shape index (κ2) is 4.55. The number of hydrogen-bond donors (Lipinski definition) is 1. The average molecular weight is 323 g/mol. The summed E-state index contributed by atoms with van der Waals surface area (Å²) < 4.78 is 0.859. The predicted molar refractivity (Wildman–Crippen MR) is 68.9 cm³/mol. The van der Waals surface area contributed by atoms with Crippen molar-refractivity contribution < 1.29 is 4.79 Å². The smallest absolute Gasteiger partial charge is 0.235 e. The molecule has 0 aromatic heterocycles. The fraction of sp³-hybridized carbons (Fsp3) is 0.364. The highest BCUT2D eigenvalue weighted by atomic mass is 79.9. The molecule has 1 aromatic rings. The van der Waals surface area contributed by atoms with Gasteiger partial charge < -0.3 is 5.32 Å². The number of hydrogen-bond acceptors (Lipinski definition) is 1. The SMILES string of the molecule is O=C(CCl)NC1(c2ccc(Br)c(Cl)c2)CC1. The van der Waals surface area contributed by atoms with Crippen LogP contribution in [0.15, 0.2) is 22.7 Å². The number of halogens is 3. The molecule has 1 N–H and O–H groups in total. The van der Waals surface area contributed by atoms with Crippen LogP contribution in [0.1, 0.15) is 18.4 Å². The standard InChI is InChI=1S/C11H10BrCl2NO/c12-8-2-1-7(5-9(8)14)11(3-4-11)15-10(16)6-13/h1-2,5H,3-4,6H2,(H,15,16). The molecular formula is C11H10BrCl2NO. The van der Waals surface area contributed by atoms with Crippen LogP contribution in [0.5, 0.6) is 0 Å². The largest absolute Gasteiger partial charge is 0.346 e. The van der Waals surface area contributed by atoms with E-state index in [0.29, 0.717) is 5.02 Å². The van der Waals surface area contributed by atoms with E-state index in [-0.39, 0.29) is 17.3 Å². The van der Waals surface area contributed by atoms with Gasteiger partial charge in [-0.15, -0.1) is 11.6 Å². The summed E-state index contributed by atoms with van der Waals surface area (Å²) in [5, 5.41) is 3.59. The molecule has 5 heteroatoms. The highest BCUT2D eigenvalue weighted by molar-refractivity contribution is 9.10. The van der Waals surface area contributed by atoms with E-state index in [1.54, 1.807) is 0 Å². The molecule has 1 aliphatic carbocycles. The van der Waals surface area contributed by atoms with Gasteiger partial charge in [0, 0.05) is 4.47 Å². The van der Waals surface area contributed by atoms with Gasteiger partial charge in [-0.1, -0.05) is 17.7 Å². The van der Waals surface area contributed by atoms with Crippen LogP contribution in [0.3, 0.4) is 0 Å². The lowest BCUT2D eigenvalue weighted by molar-refractivity contribution is -0.119. The van der Waals surface area contributed by atoms with Crippen molar-refractivity contribution in [3.05, 3.63) is 33.3 Å². The zero-order valence-corrected chi connectivity index (χ0v) is 11.5. The molecule has 0 unspecified atom stereocenters. The van der Waals surface area contributed by atoms with Crippen molar-refractivity contribution >= 4 is 45.0 Å². The summed E-state index contributed by atoms with van der Waals surface area (Å²) in [5.74, 6) is -0.148. The third-order valence-electron chi connectivity index (χ3n) is 2.72. The Kier molecular flexibility index (Phi) is 3.48. The zero-order chi connectivity index (χ0) is 11.8. The molecule has 0 heterocycles. The Morgan fingerprint density at radius 1 is 1.50 bits per heavy atom. The van der Waals surface area contributed by atoms with Crippen molar-refractivity contribution in [3.8, 4) is 0 Å². The highest BCUT2D eigenvalue weighted by Crippen LogP contribution is 2.46. The summed E-state index contributed by atoms with van der Waals surface area (Å²) in [6, 6.07) is 5.75. The fourth-order valence-corrected chi connectivity index (χ4v) is 2.20. The number of alkyl halides is 1. The van der Waals surface area contributed by atoms with Crippen molar-refractivity contribution in [2.75, 3.05) is 5.88 Å². The van der Waals surface area contributed by atoms with E-state index in [4.69, 9.17) is 23.2 Å². The van der Waals surface area contributed by atoms with Crippen LogP contribution in [0.25, 0.3) is 0 Å². The lowest BCUT2D eigenvalue weighted by Crippen LogP contribution is -2.35. The van der Waals surface area contributed by atoms with Crippen molar-refractivity contribution in [1.29, 1.82) is 0 Å². The Labute approximate surface area is 112 Å². The van der Waals surface area contributed by atoms with Gasteiger partial charge in [0.2, 0.25) is 5.91 Å². The van der Waals surface area contributed by atoms with E-state index >= 15 is 0 Å². The van der Waals surface area contributed by atoms with E-state index in [2.05, 4.69) is 21.2 Å². The van der Waals surface area contributed by atoms with E-state index in [1.807, 2.05) is 18.2 Å². The molecule has 1 aromatic carbocycles. The molecule has 2 rings (SSSR count). The summed E-state index contributed by atoms with van der Waals surface area (Å²) in [5.41, 5.74) is 0.801. The number of carbonyl (C=O) groups is 1. The fourth-order valence-electron chi connectivity index (χ4n) is 1.70. The van der Waals surface area contributed by atoms with E-state index in [1.165, 1.54) is 0 Å². The first-order valence-electron chi connectivity index (χ1n) is 4.90. The monoisotopic (exact) mass is 321 g/mol. The van der Waals surface area contributed by atoms with Crippen LogP contribution in [-0.4, -0.2) is 11.8 Å². The Bertz CT molecular complexity index is 432. The van der Waals surface area contributed by atoms with Crippen LogP contribution in [0.2, 0.25) is 5.02 Å². The molecule has 0 spiro atoms. The van der Waals surface area contributed by atoms with Crippen molar-refractivity contribution in [2.45, 2.75) is 18.4 Å². The van der Waals surface area contributed by atoms with Crippen molar-refractivity contribution in [2.24, 2.45) is 0 Å². The highest BCUT2D eigenvalue weighted by Gasteiger charge is 2.45. The molecule has 1 fully saturated rings. The summed E-state index contributed by atoms with van der Waals surface area (Å²) >= 11 is 14.9. The van der Waals surface area contributed by atoms with E-state index < -0.39 is 0 Å². The topological polar surface area (TPSA) is 29.1 Å². The quantitative estimate of drug-likeness (QED) is 0.848. The van der Waals surface area contributed by atoms with E-state index in [0.717, 1.165) is 22.9 Å². The molecule has 0 atom stereocenters. The Hall–Kier alpha value is -0.250. The van der Waals surface area contributed by atoms with Crippen molar-refractivity contribution in [1.82, 2.24) is 5.32 Å². The number of rotatable bonds is 3. The maximum absolute atomic E-state index is 11.3. The summed E-state index contributed by atoms with van der Waals surface area (Å²) in [6.45, 7) is 0. The average Bonchev–Trinajstić information content (AvgIpc) is 3.03. The van der Waals surface area contributed by atoms with Crippen LogP contribution in [0, 0.1) is 0 Å². The van der Waals surface area contributed by atoms with Gasteiger partial charge in [0.15, 0.2) is 0 Å². The molecule has 1 saturated carbocycles. The maximum Gasteiger partial charge on any atom is 0.235 e. The number of amides is 1. The molecule has 16 heavy (non-hydrogen) atoms. The van der Waals surface area contributed by atoms with Gasteiger partial charge >= 0.3 is 0 Å². The lowest BCUT2D eigenvalue weighted by atomic mass is 10.1. The normalized spacial score (nSPS) is 16.9. The number of carbonyl (C=O) groups excluding carboxylic acids is 1. The first-order chi connectivity index (χ1) is 7.57. The molecule has 0 radical (unpaired) electrons. The second-order valence-corrected chi connectivity index (χ2v) is 5.42. The summed E-state index contributed by atoms with van der Waals surface area (Å²) in [4.78, 5) is 11.3. The van der Waals surface area contributed by atoms with Gasteiger partial charge in [0.1, 0.15) is 5.88 Å². The van der Waals surface area contributed by atoms with Crippen LogP contribution >= 0.6 is 39.1 Å². The Morgan fingerprint density at radius 3 is 2.69 bits per heavy atom. The van der Waals surface area contributed by atoms with Gasteiger partial charge in [-0.3, -0.25) is 4.79 Å². The van der Waals surface area contributed by atoms with Gasteiger partial charge in [0.25, 0.3) is 0 Å². The molecule has 2 nitrogen and oxygen atoms in total. The maximum atomic E-state index is 11.3. The third-order valence-corrected chi connectivity index (χ3v) is 4.20. The molecule has 0 bridgehead atoms. The molecular weight excluding hydrogens is 313 g/mol. The van der Waals surface area contributed by atoms with E-state index in [9.17, 15) is 4.79 Å². The third kappa shape index (κ3) is 2.36. The Balaban J connectivity index is 2.23. The van der Waals surface area contributed by atoms with Gasteiger partial charge in [0.05, 0.1) is 10.6 Å². The molecule has 0 saturated heterocycles. The number of benzene rings is 1. The lowest BCUT2D eigenvalue weighted by Gasteiger charge is -2.17. The molecule has 1 aliphatic rings. The Morgan fingerprint density at radius 2 is 2.19 bits per heavy atom. The minimum absolute atomic E-state index is 0.00793. The molecule has 1 amide bonds. The van der Waals surface area contributed by atoms with Gasteiger partial charge in [-0.05, 0) is 46.5 Å². The first kappa shape index (κ1) is 12.2. The van der Waals surface area contributed by atoms with Crippen LogP contribution in [0.4, 0.5) is 0 Å².